The van der Waals surface area contributed by atoms with E-state index in [2.05, 4.69) is 13.0 Å². The maximum atomic E-state index is 10.4. The second-order valence-electron chi connectivity index (χ2n) is 6.61. The van der Waals surface area contributed by atoms with Gasteiger partial charge in [0.1, 0.15) is 0 Å². The molecule has 2 N–H and O–H groups in total. The second-order valence-corrected chi connectivity index (χ2v) is 6.61. The minimum absolute atomic E-state index is 0.285. The first-order valence-corrected chi connectivity index (χ1v) is 9.73. The molecule has 0 spiro atoms. The smallest absolute Gasteiger partial charge is 0.303 e. The average Bonchev–Trinajstić information content (AvgIpc) is 2.52. The van der Waals surface area contributed by atoms with Crippen LogP contribution in [0.15, 0.2) is 12.2 Å². The van der Waals surface area contributed by atoms with Crippen LogP contribution in [-0.2, 0) is 4.79 Å². The molecule has 0 aliphatic carbocycles. The van der Waals surface area contributed by atoms with Crippen molar-refractivity contribution < 1.29 is 15.0 Å². The number of carboxylic acids is 1. The molecule has 0 heterocycles. The van der Waals surface area contributed by atoms with Crippen LogP contribution >= 0.6 is 0 Å². The van der Waals surface area contributed by atoms with E-state index in [1.807, 2.05) is 6.08 Å². The van der Waals surface area contributed by atoms with E-state index in [1.54, 1.807) is 0 Å². The normalized spacial score (nSPS) is 12.8. The highest BCUT2D eigenvalue weighted by molar-refractivity contribution is 5.66. The summed E-state index contributed by atoms with van der Waals surface area (Å²) < 4.78 is 0. The van der Waals surface area contributed by atoms with Crippen molar-refractivity contribution in [2.75, 3.05) is 0 Å². The zero-order valence-corrected chi connectivity index (χ0v) is 15.1. The highest BCUT2D eigenvalue weighted by atomic mass is 16.4. The van der Waals surface area contributed by atoms with Crippen LogP contribution in [0.1, 0.15) is 103 Å². The third kappa shape index (κ3) is 19.1. The van der Waals surface area contributed by atoms with Crippen LogP contribution in [0.5, 0.6) is 0 Å². The summed E-state index contributed by atoms with van der Waals surface area (Å²) in [7, 11) is 0. The Morgan fingerprint density at radius 3 is 2.09 bits per heavy atom. The first kappa shape index (κ1) is 22.2. The highest BCUT2D eigenvalue weighted by Gasteiger charge is 1.99. The lowest BCUT2D eigenvalue weighted by atomic mass is 10.0. The Balaban J connectivity index is 3.28. The molecule has 3 nitrogen and oxygen atoms in total. The molecule has 0 amide bonds. The standard InChI is InChI=1S/C20H38O3/c1-2-3-4-5-6-7-10-13-16-19(21)17-14-11-8-9-12-15-18-20(22)23/h14,17,19,21H,2-13,15-16,18H2,1H3,(H,22,23)/b17-14+. The third-order valence-corrected chi connectivity index (χ3v) is 4.22. The number of aliphatic carboxylic acids is 1. The summed E-state index contributed by atoms with van der Waals surface area (Å²) in [6, 6.07) is 0. The number of aliphatic hydroxyl groups is 1. The molecule has 0 radical (unpaired) electrons. The lowest BCUT2D eigenvalue weighted by molar-refractivity contribution is -0.137. The summed E-state index contributed by atoms with van der Waals surface area (Å²) in [5.41, 5.74) is 0. The molecule has 0 bridgehead atoms. The number of aliphatic hydroxyl groups excluding tert-OH is 1. The molecule has 0 saturated heterocycles. The fourth-order valence-electron chi connectivity index (χ4n) is 2.73. The largest absolute Gasteiger partial charge is 0.481 e. The van der Waals surface area contributed by atoms with Gasteiger partial charge in [0.25, 0.3) is 0 Å². The molecule has 0 aromatic carbocycles. The fourth-order valence-corrected chi connectivity index (χ4v) is 2.73. The van der Waals surface area contributed by atoms with Gasteiger partial charge in [-0.05, 0) is 25.7 Å². The van der Waals surface area contributed by atoms with E-state index in [0.29, 0.717) is 0 Å². The van der Waals surface area contributed by atoms with Crippen LogP contribution in [-0.4, -0.2) is 22.3 Å². The van der Waals surface area contributed by atoms with E-state index in [4.69, 9.17) is 5.11 Å². The van der Waals surface area contributed by atoms with Crippen molar-refractivity contribution in [1.29, 1.82) is 0 Å². The highest BCUT2D eigenvalue weighted by Crippen LogP contribution is 2.11. The molecule has 3 heteroatoms. The summed E-state index contributed by atoms with van der Waals surface area (Å²) in [5, 5.41) is 18.4. The molecule has 0 saturated carbocycles. The molecule has 0 aliphatic rings. The Morgan fingerprint density at radius 2 is 1.43 bits per heavy atom. The van der Waals surface area contributed by atoms with E-state index in [0.717, 1.165) is 44.9 Å². The average molecular weight is 327 g/mol. The van der Waals surface area contributed by atoms with Crippen molar-refractivity contribution in [2.24, 2.45) is 0 Å². The van der Waals surface area contributed by atoms with Crippen molar-refractivity contribution in [1.82, 2.24) is 0 Å². The van der Waals surface area contributed by atoms with Crippen LogP contribution in [0.3, 0.4) is 0 Å². The maximum Gasteiger partial charge on any atom is 0.303 e. The summed E-state index contributed by atoms with van der Waals surface area (Å²) in [5.74, 6) is -0.700. The molecular formula is C20H38O3. The predicted molar refractivity (Wildman–Crippen MR) is 97.7 cm³/mol. The summed E-state index contributed by atoms with van der Waals surface area (Å²) in [6.45, 7) is 2.24. The number of carboxylic acid groups (broad SMARTS) is 1. The minimum Gasteiger partial charge on any atom is -0.481 e. The van der Waals surface area contributed by atoms with Crippen LogP contribution in [0.2, 0.25) is 0 Å². The maximum absolute atomic E-state index is 10.4. The Kier molecular flexibility index (Phi) is 16.9. The van der Waals surface area contributed by atoms with Gasteiger partial charge in [0.2, 0.25) is 0 Å². The molecule has 1 atom stereocenters. The van der Waals surface area contributed by atoms with Crippen LogP contribution < -0.4 is 0 Å². The van der Waals surface area contributed by atoms with Crippen LogP contribution in [0, 0.1) is 0 Å². The van der Waals surface area contributed by atoms with Crippen LogP contribution in [0.25, 0.3) is 0 Å². The first-order valence-electron chi connectivity index (χ1n) is 9.73. The Morgan fingerprint density at radius 1 is 0.870 bits per heavy atom. The summed E-state index contributed by atoms with van der Waals surface area (Å²) >= 11 is 0. The Hall–Kier alpha value is -0.830. The van der Waals surface area contributed by atoms with Crippen molar-refractivity contribution in [3.8, 4) is 0 Å². The lowest BCUT2D eigenvalue weighted by Crippen LogP contribution is -2.01. The van der Waals surface area contributed by atoms with Gasteiger partial charge in [0, 0.05) is 6.42 Å². The van der Waals surface area contributed by atoms with Gasteiger partial charge in [-0.2, -0.15) is 0 Å². The van der Waals surface area contributed by atoms with E-state index in [1.165, 1.54) is 44.9 Å². The van der Waals surface area contributed by atoms with Gasteiger partial charge in [0.15, 0.2) is 0 Å². The van der Waals surface area contributed by atoms with Gasteiger partial charge >= 0.3 is 5.97 Å². The van der Waals surface area contributed by atoms with Crippen molar-refractivity contribution >= 4 is 5.97 Å². The predicted octanol–water partition coefficient (Wildman–Crippen LogP) is 5.86. The fraction of sp³-hybridized carbons (Fsp3) is 0.850. The zero-order valence-electron chi connectivity index (χ0n) is 15.1. The zero-order chi connectivity index (χ0) is 17.2. The van der Waals surface area contributed by atoms with E-state index < -0.39 is 5.97 Å². The minimum atomic E-state index is -0.700. The van der Waals surface area contributed by atoms with E-state index in [-0.39, 0.29) is 12.5 Å². The van der Waals surface area contributed by atoms with Gasteiger partial charge < -0.3 is 10.2 Å². The topological polar surface area (TPSA) is 57.5 Å². The molecular weight excluding hydrogens is 288 g/mol. The second kappa shape index (κ2) is 17.5. The number of allylic oxidation sites excluding steroid dienone is 1. The molecule has 0 aromatic rings. The number of carbonyl (C=O) groups is 1. The van der Waals surface area contributed by atoms with Crippen molar-refractivity contribution in [3.05, 3.63) is 12.2 Å². The lowest BCUT2D eigenvalue weighted by Gasteiger charge is -2.05. The SMILES string of the molecule is CCCCCCCCCCC(O)/C=C/CCCCCCC(=O)O. The van der Waals surface area contributed by atoms with Gasteiger partial charge in [0.05, 0.1) is 6.10 Å². The number of hydrogen-bond acceptors (Lipinski definition) is 2. The number of unbranched alkanes of at least 4 members (excludes halogenated alkanes) is 11. The summed E-state index contributed by atoms with van der Waals surface area (Å²) in [4.78, 5) is 10.4. The van der Waals surface area contributed by atoms with Crippen molar-refractivity contribution in [3.63, 3.8) is 0 Å². The third-order valence-electron chi connectivity index (χ3n) is 4.22. The van der Waals surface area contributed by atoms with Crippen molar-refractivity contribution in [2.45, 2.75) is 109 Å². The first-order chi connectivity index (χ1) is 11.2. The summed E-state index contributed by atoms with van der Waals surface area (Å²) in [6.07, 6.45) is 20.2. The Labute approximate surface area is 143 Å². The van der Waals surface area contributed by atoms with Gasteiger partial charge in [-0.3, -0.25) is 4.79 Å². The van der Waals surface area contributed by atoms with Crippen LogP contribution in [0.4, 0.5) is 0 Å². The van der Waals surface area contributed by atoms with E-state index >= 15 is 0 Å². The molecule has 0 aromatic heterocycles. The molecule has 136 valence electrons. The molecule has 0 rings (SSSR count). The Bertz CT molecular complexity index is 287. The number of rotatable bonds is 17. The monoisotopic (exact) mass is 326 g/mol. The molecule has 23 heavy (non-hydrogen) atoms. The molecule has 0 fully saturated rings. The molecule has 0 aliphatic heterocycles. The van der Waals surface area contributed by atoms with Gasteiger partial charge in [-0.15, -0.1) is 0 Å². The van der Waals surface area contributed by atoms with Gasteiger partial charge in [-0.1, -0.05) is 83.3 Å². The quantitative estimate of drug-likeness (QED) is 0.260. The molecule has 1 unspecified atom stereocenters. The van der Waals surface area contributed by atoms with E-state index in [9.17, 15) is 9.90 Å². The van der Waals surface area contributed by atoms with Gasteiger partial charge in [-0.25, -0.2) is 0 Å². The number of hydrogen-bond donors (Lipinski definition) is 2.